The Bertz CT molecular complexity index is 559. The second kappa shape index (κ2) is 6.87. The van der Waals surface area contributed by atoms with Crippen molar-refractivity contribution >= 4 is 5.91 Å². The van der Waals surface area contributed by atoms with Gasteiger partial charge in [-0.2, -0.15) is 0 Å². The van der Waals surface area contributed by atoms with Gasteiger partial charge in [-0.05, 0) is 23.6 Å². The van der Waals surface area contributed by atoms with Crippen LogP contribution in [0.4, 0.5) is 0 Å². The number of amides is 1. The number of nitrogens with one attached hydrogen (secondary N) is 1. The van der Waals surface area contributed by atoms with Gasteiger partial charge in [0.05, 0.1) is 6.42 Å². The minimum absolute atomic E-state index is 0.0334. The second-order valence-corrected chi connectivity index (χ2v) is 4.96. The molecule has 0 saturated heterocycles. The molecule has 0 heterocycles. The highest BCUT2D eigenvalue weighted by atomic mass is 16.1. The Kier molecular flexibility index (Phi) is 4.91. The van der Waals surface area contributed by atoms with E-state index in [1.807, 2.05) is 55.5 Å². The lowest BCUT2D eigenvalue weighted by Gasteiger charge is -2.06. The second-order valence-electron chi connectivity index (χ2n) is 4.96. The lowest BCUT2D eigenvalue weighted by Crippen LogP contribution is -2.24. The van der Waals surface area contributed by atoms with Crippen molar-refractivity contribution in [1.29, 1.82) is 0 Å². The van der Waals surface area contributed by atoms with E-state index in [-0.39, 0.29) is 5.91 Å². The van der Waals surface area contributed by atoms with Crippen LogP contribution in [0, 0.1) is 6.92 Å². The summed E-state index contributed by atoms with van der Waals surface area (Å²) in [6.07, 6.45) is 0.400. The molecule has 0 saturated carbocycles. The molecule has 0 spiro atoms. The predicted octanol–water partition coefficient (Wildman–Crippen LogP) is 2.31. The number of aryl methyl sites for hydroxylation is 1. The fourth-order valence-corrected chi connectivity index (χ4v) is 1.95. The summed E-state index contributed by atoms with van der Waals surface area (Å²) in [5, 5.41) is 2.93. The molecule has 0 radical (unpaired) electrons. The highest BCUT2D eigenvalue weighted by Crippen LogP contribution is 2.05. The van der Waals surface area contributed by atoms with Gasteiger partial charge in [-0.1, -0.05) is 54.1 Å². The number of hydrogen-bond donors (Lipinski definition) is 2. The van der Waals surface area contributed by atoms with Crippen LogP contribution in [-0.2, 0) is 24.3 Å². The van der Waals surface area contributed by atoms with Crippen molar-refractivity contribution in [2.45, 2.75) is 26.4 Å². The molecule has 3 N–H and O–H groups in total. The van der Waals surface area contributed by atoms with E-state index < -0.39 is 0 Å². The maximum atomic E-state index is 11.9. The summed E-state index contributed by atoms with van der Waals surface area (Å²) in [5.41, 5.74) is 9.96. The Morgan fingerprint density at radius 2 is 1.50 bits per heavy atom. The zero-order chi connectivity index (χ0) is 14.4. The van der Waals surface area contributed by atoms with Gasteiger partial charge in [0, 0.05) is 13.1 Å². The normalized spacial score (nSPS) is 10.3. The van der Waals surface area contributed by atoms with Gasteiger partial charge < -0.3 is 11.1 Å². The van der Waals surface area contributed by atoms with Gasteiger partial charge in [0.1, 0.15) is 0 Å². The molecular formula is C17H20N2O. The Labute approximate surface area is 119 Å². The summed E-state index contributed by atoms with van der Waals surface area (Å²) >= 11 is 0. The molecule has 1 amide bonds. The third-order valence-electron chi connectivity index (χ3n) is 3.23. The molecule has 0 unspecified atom stereocenters. The van der Waals surface area contributed by atoms with Gasteiger partial charge >= 0.3 is 0 Å². The van der Waals surface area contributed by atoms with Crippen molar-refractivity contribution in [3.05, 3.63) is 70.8 Å². The van der Waals surface area contributed by atoms with E-state index in [0.29, 0.717) is 19.5 Å². The first kappa shape index (κ1) is 14.3. The molecule has 2 aromatic carbocycles. The van der Waals surface area contributed by atoms with Crippen molar-refractivity contribution in [3.8, 4) is 0 Å². The van der Waals surface area contributed by atoms with Crippen LogP contribution in [0.5, 0.6) is 0 Å². The molecule has 0 fully saturated rings. The lowest BCUT2D eigenvalue weighted by molar-refractivity contribution is -0.120. The summed E-state index contributed by atoms with van der Waals surface area (Å²) in [6.45, 7) is 3.15. The van der Waals surface area contributed by atoms with Crippen LogP contribution in [0.25, 0.3) is 0 Å². The number of hydrogen-bond acceptors (Lipinski definition) is 2. The van der Waals surface area contributed by atoms with Crippen LogP contribution in [-0.4, -0.2) is 5.91 Å². The molecule has 20 heavy (non-hydrogen) atoms. The van der Waals surface area contributed by atoms with Gasteiger partial charge in [0.2, 0.25) is 5.91 Å². The van der Waals surface area contributed by atoms with Crippen LogP contribution in [0.2, 0.25) is 0 Å². The molecule has 2 aromatic rings. The highest BCUT2D eigenvalue weighted by Gasteiger charge is 2.03. The van der Waals surface area contributed by atoms with Crippen molar-refractivity contribution in [2.75, 3.05) is 0 Å². The number of carbonyl (C=O) groups is 1. The maximum Gasteiger partial charge on any atom is 0.224 e. The lowest BCUT2D eigenvalue weighted by atomic mass is 10.1. The minimum atomic E-state index is 0.0334. The Hall–Kier alpha value is -2.13. The number of benzene rings is 2. The number of rotatable bonds is 5. The van der Waals surface area contributed by atoms with Gasteiger partial charge in [0.15, 0.2) is 0 Å². The quantitative estimate of drug-likeness (QED) is 0.874. The van der Waals surface area contributed by atoms with Gasteiger partial charge in [-0.25, -0.2) is 0 Å². The van der Waals surface area contributed by atoms with Crippen LogP contribution < -0.4 is 11.1 Å². The van der Waals surface area contributed by atoms with E-state index in [0.717, 1.165) is 16.7 Å². The minimum Gasteiger partial charge on any atom is -0.352 e. The first-order chi connectivity index (χ1) is 9.67. The highest BCUT2D eigenvalue weighted by molar-refractivity contribution is 5.78. The monoisotopic (exact) mass is 268 g/mol. The van der Waals surface area contributed by atoms with Crippen LogP contribution in [0.1, 0.15) is 22.3 Å². The fourth-order valence-electron chi connectivity index (χ4n) is 1.95. The zero-order valence-electron chi connectivity index (χ0n) is 11.7. The fraction of sp³-hybridized carbons (Fsp3) is 0.235. The average Bonchev–Trinajstić information content (AvgIpc) is 2.47. The van der Waals surface area contributed by atoms with E-state index in [1.165, 1.54) is 5.56 Å². The van der Waals surface area contributed by atoms with E-state index >= 15 is 0 Å². The summed E-state index contributed by atoms with van der Waals surface area (Å²) in [4.78, 5) is 11.9. The molecule has 0 aliphatic heterocycles. The molecule has 104 valence electrons. The third kappa shape index (κ3) is 4.21. The van der Waals surface area contributed by atoms with E-state index in [1.54, 1.807) is 0 Å². The molecule has 3 heteroatoms. The van der Waals surface area contributed by atoms with Crippen LogP contribution in [0.3, 0.4) is 0 Å². The molecule has 2 rings (SSSR count). The van der Waals surface area contributed by atoms with E-state index in [2.05, 4.69) is 5.32 Å². The average molecular weight is 268 g/mol. The first-order valence-electron chi connectivity index (χ1n) is 6.77. The van der Waals surface area contributed by atoms with Gasteiger partial charge in [-0.3, -0.25) is 4.79 Å². The smallest absolute Gasteiger partial charge is 0.224 e. The Morgan fingerprint density at radius 1 is 0.950 bits per heavy atom. The Morgan fingerprint density at radius 3 is 2.10 bits per heavy atom. The maximum absolute atomic E-state index is 11.9. The molecule has 0 aliphatic rings. The van der Waals surface area contributed by atoms with E-state index in [9.17, 15) is 4.79 Å². The summed E-state index contributed by atoms with van der Waals surface area (Å²) in [6, 6.07) is 16.0. The van der Waals surface area contributed by atoms with Crippen LogP contribution in [0.15, 0.2) is 48.5 Å². The summed E-state index contributed by atoms with van der Waals surface area (Å²) < 4.78 is 0. The third-order valence-corrected chi connectivity index (χ3v) is 3.23. The summed E-state index contributed by atoms with van der Waals surface area (Å²) in [7, 11) is 0. The number of nitrogens with two attached hydrogens (primary N) is 1. The number of carbonyl (C=O) groups excluding carboxylic acids is 1. The molecular weight excluding hydrogens is 248 g/mol. The van der Waals surface area contributed by atoms with Gasteiger partial charge in [-0.15, -0.1) is 0 Å². The zero-order valence-corrected chi connectivity index (χ0v) is 11.7. The van der Waals surface area contributed by atoms with Gasteiger partial charge in [0.25, 0.3) is 0 Å². The molecule has 3 nitrogen and oxygen atoms in total. The standard InChI is InChI=1S/C17H20N2O/c1-13-2-4-16(5-3-13)12-19-17(20)10-14-6-8-15(11-18)9-7-14/h2-9H,10-12,18H2,1H3,(H,19,20). The predicted molar refractivity (Wildman–Crippen MR) is 81.1 cm³/mol. The van der Waals surface area contributed by atoms with E-state index in [4.69, 9.17) is 5.73 Å². The topological polar surface area (TPSA) is 55.1 Å². The molecule has 0 aromatic heterocycles. The Balaban J connectivity index is 1.84. The van der Waals surface area contributed by atoms with Crippen LogP contribution >= 0.6 is 0 Å². The molecule has 0 bridgehead atoms. The molecule has 0 atom stereocenters. The SMILES string of the molecule is Cc1ccc(CNC(=O)Cc2ccc(CN)cc2)cc1. The van der Waals surface area contributed by atoms with Crippen molar-refractivity contribution in [1.82, 2.24) is 5.32 Å². The largest absolute Gasteiger partial charge is 0.352 e. The first-order valence-corrected chi connectivity index (χ1v) is 6.77. The van der Waals surface area contributed by atoms with Crippen molar-refractivity contribution in [2.24, 2.45) is 5.73 Å². The summed E-state index contributed by atoms with van der Waals surface area (Å²) in [5.74, 6) is 0.0334. The van der Waals surface area contributed by atoms with Crippen molar-refractivity contribution in [3.63, 3.8) is 0 Å². The molecule has 0 aliphatic carbocycles. The van der Waals surface area contributed by atoms with Crippen molar-refractivity contribution < 1.29 is 4.79 Å².